The molecule has 0 atom stereocenters. The lowest BCUT2D eigenvalue weighted by atomic mass is 9.93. The summed E-state index contributed by atoms with van der Waals surface area (Å²) in [6, 6.07) is 58.1. The molecule has 0 aliphatic heterocycles. The summed E-state index contributed by atoms with van der Waals surface area (Å²) in [5.41, 5.74) is 8.10. The molecule has 0 N–H and O–H groups in total. The van der Waals surface area contributed by atoms with Crippen LogP contribution in [0.2, 0.25) is 0 Å². The van der Waals surface area contributed by atoms with Gasteiger partial charge in [-0.3, -0.25) is 0 Å². The van der Waals surface area contributed by atoms with Gasteiger partial charge in [0.2, 0.25) is 0 Å². The van der Waals surface area contributed by atoms with Crippen molar-refractivity contribution >= 4 is 84.7 Å². The van der Waals surface area contributed by atoms with Crippen molar-refractivity contribution in [3.8, 4) is 45.2 Å². The lowest BCUT2D eigenvalue weighted by Gasteiger charge is -2.15. The lowest BCUT2D eigenvalue weighted by Crippen LogP contribution is -1.97. The summed E-state index contributed by atoms with van der Waals surface area (Å²) in [5, 5.41) is 8.42. The maximum atomic E-state index is 5.39. The highest BCUT2D eigenvalue weighted by Crippen LogP contribution is 2.46. The molecule has 0 bridgehead atoms. The SMILES string of the molecule is c1ccc(-c2cc(-c3ccc(-c4nc5ccccc5c5sc6ccccc6c45)c4ccccc34)nc(-c3cccc4c3sc3ccccc34)n2)cc1. The molecule has 7 aromatic carbocycles. The van der Waals surface area contributed by atoms with E-state index in [1.165, 1.54) is 45.7 Å². The maximum Gasteiger partial charge on any atom is 0.161 e. The van der Waals surface area contributed by atoms with E-state index in [-0.39, 0.29) is 0 Å². The fourth-order valence-corrected chi connectivity index (χ4v) is 10.2. The van der Waals surface area contributed by atoms with Crippen LogP contribution in [0.1, 0.15) is 0 Å². The molecule has 52 heavy (non-hydrogen) atoms. The van der Waals surface area contributed by atoms with Crippen LogP contribution in [0.5, 0.6) is 0 Å². The Balaban J connectivity index is 1.17. The highest BCUT2D eigenvalue weighted by molar-refractivity contribution is 7.27. The number of fused-ring (bicyclic) bond motifs is 9. The number of para-hydroxylation sites is 1. The van der Waals surface area contributed by atoms with Crippen molar-refractivity contribution < 1.29 is 0 Å². The first-order valence-electron chi connectivity index (χ1n) is 17.4. The molecule has 11 aromatic rings. The third-order valence-electron chi connectivity index (χ3n) is 10.1. The number of thiophene rings is 2. The van der Waals surface area contributed by atoms with Crippen molar-refractivity contribution in [1.29, 1.82) is 0 Å². The largest absolute Gasteiger partial charge is 0.247 e. The van der Waals surface area contributed by atoms with Gasteiger partial charge < -0.3 is 0 Å². The van der Waals surface area contributed by atoms with Crippen LogP contribution in [0.3, 0.4) is 0 Å². The van der Waals surface area contributed by atoms with E-state index in [0.29, 0.717) is 0 Å². The van der Waals surface area contributed by atoms with Crippen LogP contribution < -0.4 is 0 Å². The molecule has 242 valence electrons. The minimum Gasteiger partial charge on any atom is -0.247 e. The quantitative estimate of drug-likeness (QED) is 0.184. The summed E-state index contributed by atoms with van der Waals surface area (Å²) in [4.78, 5) is 16.0. The Hall–Kier alpha value is -6.27. The zero-order valence-electron chi connectivity index (χ0n) is 27.7. The molecule has 0 aliphatic rings. The molecule has 0 unspecified atom stereocenters. The highest BCUT2D eigenvalue weighted by Gasteiger charge is 2.21. The minimum atomic E-state index is 0.726. The van der Waals surface area contributed by atoms with Crippen LogP contribution in [0.4, 0.5) is 0 Å². The Morgan fingerprint density at radius 2 is 0.962 bits per heavy atom. The van der Waals surface area contributed by atoms with Gasteiger partial charge in [0.15, 0.2) is 5.82 Å². The second-order valence-corrected chi connectivity index (χ2v) is 15.2. The molecular weight excluding hydrogens is 671 g/mol. The van der Waals surface area contributed by atoms with Crippen LogP contribution in [-0.4, -0.2) is 15.0 Å². The number of pyridine rings is 1. The smallest absolute Gasteiger partial charge is 0.161 e. The van der Waals surface area contributed by atoms with Crippen molar-refractivity contribution in [1.82, 2.24) is 15.0 Å². The van der Waals surface area contributed by atoms with Gasteiger partial charge >= 0.3 is 0 Å². The predicted molar refractivity (Wildman–Crippen MR) is 222 cm³/mol. The first-order valence-corrected chi connectivity index (χ1v) is 19.0. The first kappa shape index (κ1) is 29.5. The normalized spacial score (nSPS) is 11.8. The number of aromatic nitrogens is 3. The van der Waals surface area contributed by atoms with Crippen molar-refractivity contribution in [2.24, 2.45) is 0 Å². The second kappa shape index (κ2) is 11.6. The zero-order valence-corrected chi connectivity index (χ0v) is 29.4. The molecule has 5 heteroatoms. The van der Waals surface area contributed by atoms with Gasteiger partial charge in [-0.25, -0.2) is 15.0 Å². The highest BCUT2D eigenvalue weighted by atomic mass is 32.1. The van der Waals surface area contributed by atoms with Gasteiger partial charge in [0, 0.05) is 68.0 Å². The molecule has 0 saturated heterocycles. The van der Waals surface area contributed by atoms with Crippen molar-refractivity contribution in [2.75, 3.05) is 0 Å². The van der Waals surface area contributed by atoms with Crippen LogP contribution in [0.25, 0.3) is 107 Å². The summed E-state index contributed by atoms with van der Waals surface area (Å²) in [7, 11) is 0. The van der Waals surface area contributed by atoms with Gasteiger partial charge in [-0.15, -0.1) is 22.7 Å². The molecule has 4 aromatic heterocycles. The van der Waals surface area contributed by atoms with Gasteiger partial charge in [0.1, 0.15) is 0 Å². The molecule has 0 aliphatic carbocycles. The molecule has 0 spiro atoms. The topological polar surface area (TPSA) is 38.7 Å². The van der Waals surface area contributed by atoms with E-state index in [9.17, 15) is 0 Å². The molecule has 0 saturated carbocycles. The van der Waals surface area contributed by atoms with Gasteiger partial charge in [0.25, 0.3) is 0 Å². The molecule has 0 radical (unpaired) electrons. The third kappa shape index (κ3) is 4.53. The number of benzene rings is 7. The Morgan fingerprint density at radius 3 is 1.79 bits per heavy atom. The van der Waals surface area contributed by atoms with Gasteiger partial charge in [-0.2, -0.15) is 0 Å². The van der Waals surface area contributed by atoms with E-state index in [0.717, 1.165) is 61.4 Å². The Bertz CT molecular complexity index is 3190. The number of hydrogen-bond acceptors (Lipinski definition) is 5. The summed E-state index contributed by atoms with van der Waals surface area (Å²) < 4.78 is 5.02. The van der Waals surface area contributed by atoms with Gasteiger partial charge in [-0.05, 0) is 41.1 Å². The molecule has 11 rings (SSSR count). The Kier molecular flexibility index (Phi) is 6.59. The van der Waals surface area contributed by atoms with Crippen molar-refractivity contribution in [2.45, 2.75) is 0 Å². The van der Waals surface area contributed by atoms with Gasteiger partial charge in [0.05, 0.1) is 22.6 Å². The molecule has 0 fully saturated rings. The van der Waals surface area contributed by atoms with Crippen LogP contribution in [-0.2, 0) is 0 Å². The number of nitrogens with zero attached hydrogens (tertiary/aromatic N) is 3. The van der Waals surface area contributed by atoms with Gasteiger partial charge in [-0.1, -0.05) is 133 Å². The monoisotopic (exact) mass is 697 g/mol. The maximum absolute atomic E-state index is 5.39. The molecular formula is C47H27N3S2. The minimum absolute atomic E-state index is 0.726. The fourth-order valence-electron chi connectivity index (χ4n) is 7.72. The second-order valence-electron chi connectivity index (χ2n) is 13.1. The number of hydrogen-bond donors (Lipinski definition) is 0. The average Bonchev–Trinajstić information content (AvgIpc) is 3.80. The van der Waals surface area contributed by atoms with Crippen LogP contribution in [0, 0.1) is 0 Å². The molecule has 0 amide bonds. The molecule has 4 heterocycles. The summed E-state index contributed by atoms with van der Waals surface area (Å²) in [6.45, 7) is 0. The average molecular weight is 698 g/mol. The van der Waals surface area contributed by atoms with Crippen molar-refractivity contribution in [3.05, 3.63) is 164 Å². The molecule has 3 nitrogen and oxygen atoms in total. The predicted octanol–water partition coefficient (Wildman–Crippen LogP) is 13.6. The summed E-state index contributed by atoms with van der Waals surface area (Å²) in [6.07, 6.45) is 0. The fraction of sp³-hybridized carbons (Fsp3) is 0. The zero-order chi connectivity index (χ0) is 34.2. The third-order valence-corrected chi connectivity index (χ3v) is 12.5. The van der Waals surface area contributed by atoms with Crippen molar-refractivity contribution in [3.63, 3.8) is 0 Å². The van der Waals surface area contributed by atoms with E-state index >= 15 is 0 Å². The number of rotatable bonds is 4. The standard InChI is InChI=1S/C47H27N3S2/c1-2-13-28(14-3-1)39-27-40(50-47(49-39)37-21-12-20-34-32-17-7-10-23-41(32)51-45(34)37)31-25-26-33(30-16-5-4-15-29(30)31)44-43-36-19-8-11-24-42(36)52-46(43)35-18-6-9-22-38(35)48-44/h1-27H. The Morgan fingerprint density at radius 1 is 0.365 bits per heavy atom. The van der Waals surface area contributed by atoms with E-state index < -0.39 is 0 Å². The van der Waals surface area contributed by atoms with E-state index in [2.05, 4.69) is 158 Å². The van der Waals surface area contributed by atoms with Crippen LogP contribution >= 0.6 is 22.7 Å². The summed E-state index contributed by atoms with van der Waals surface area (Å²) in [5.74, 6) is 0.726. The first-order chi connectivity index (χ1) is 25.8. The van der Waals surface area contributed by atoms with E-state index in [4.69, 9.17) is 15.0 Å². The lowest BCUT2D eigenvalue weighted by molar-refractivity contribution is 1.19. The Labute approximate surface area is 307 Å². The van der Waals surface area contributed by atoms with E-state index in [1.807, 2.05) is 17.4 Å². The van der Waals surface area contributed by atoms with Crippen LogP contribution in [0.15, 0.2) is 164 Å². The van der Waals surface area contributed by atoms with E-state index in [1.54, 1.807) is 11.3 Å². The summed E-state index contributed by atoms with van der Waals surface area (Å²) >= 11 is 3.66.